The number of para-hydroxylation sites is 1. The van der Waals surface area contributed by atoms with Gasteiger partial charge in [-0.15, -0.1) is 0 Å². The first-order chi connectivity index (χ1) is 11.1. The molecule has 0 saturated carbocycles. The number of hydrogen-bond acceptors (Lipinski definition) is 3. The van der Waals surface area contributed by atoms with Crippen LogP contribution in [0.15, 0.2) is 41.2 Å². The van der Waals surface area contributed by atoms with Crippen LogP contribution in [0, 0.1) is 6.92 Å². The maximum atomic E-state index is 12.2. The van der Waals surface area contributed by atoms with E-state index in [9.17, 15) is 9.59 Å². The number of carbonyl (C=O) groups is 1. The Bertz CT molecular complexity index is 761. The summed E-state index contributed by atoms with van der Waals surface area (Å²) in [7, 11) is 0. The van der Waals surface area contributed by atoms with E-state index in [0.717, 1.165) is 24.3 Å². The van der Waals surface area contributed by atoms with Gasteiger partial charge in [-0.1, -0.05) is 18.2 Å². The second-order valence-corrected chi connectivity index (χ2v) is 5.89. The first-order valence-electron chi connectivity index (χ1n) is 7.96. The zero-order chi connectivity index (χ0) is 16.2. The molecule has 1 amide bonds. The number of rotatable bonds is 4. The van der Waals surface area contributed by atoms with Crippen LogP contribution >= 0.6 is 0 Å². The third-order valence-electron chi connectivity index (χ3n) is 4.18. The number of aryl methyl sites for hydroxylation is 1. The summed E-state index contributed by atoms with van der Waals surface area (Å²) >= 11 is 0. The van der Waals surface area contributed by atoms with Crippen LogP contribution < -0.4 is 15.8 Å². The van der Waals surface area contributed by atoms with E-state index in [1.54, 1.807) is 19.1 Å². The van der Waals surface area contributed by atoms with Crippen LogP contribution in [0.3, 0.4) is 0 Å². The van der Waals surface area contributed by atoms with Crippen LogP contribution in [0.4, 0.5) is 5.69 Å². The maximum absolute atomic E-state index is 12.2. The monoisotopic (exact) mass is 311 g/mol. The lowest BCUT2D eigenvalue weighted by Gasteiger charge is -2.21. The minimum Gasteiger partial charge on any atom is -0.371 e. The van der Waals surface area contributed by atoms with E-state index >= 15 is 0 Å². The highest BCUT2D eigenvalue weighted by Gasteiger charge is 2.16. The molecule has 2 aromatic rings. The molecule has 2 heterocycles. The van der Waals surface area contributed by atoms with Gasteiger partial charge >= 0.3 is 0 Å². The van der Waals surface area contributed by atoms with E-state index < -0.39 is 0 Å². The van der Waals surface area contributed by atoms with Crippen molar-refractivity contribution >= 4 is 11.6 Å². The molecule has 1 aromatic carbocycles. The number of pyridine rings is 1. The van der Waals surface area contributed by atoms with Crippen molar-refractivity contribution in [3.05, 3.63) is 63.6 Å². The highest BCUT2D eigenvalue weighted by atomic mass is 16.2. The zero-order valence-electron chi connectivity index (χ0n) is 13.3. The summed E-state index contributed by atoms with van der Waals surface area (Å²) in [5.41, 5.74) is 2.78. The summed E-state index contributed by atoms with van der Waals surface area (Å²) in [6.07, 6.45) is 2.42. The van der Waals surface area contributed by atoms with Crippen molar-refractivity contribution < 1.29 is 4.79 Å². The van der Waals surface area contributed by atoms with Crippen molar-refractivity contribution in [3.63, 3.8) is 0 Å². The normalized spacial score (nSPS) is 14.0. The molecule has 23 heavy (non-hydrogen) atoms. The van der Waals surface area contributed by atoms with Gasteiger partial charge in [-0.25, -0.2) is 0 Å². The fraction of sp³-hybridized carbons (Fsp3) is 0.333. The molecule has 0 radical (unpaired) electrons. The Morgan fingerprint density at radius 2 is 1.91 bits per heavy atom. The van der Waals surface area contributed by atoms with Crippen molar-refractivity contribution in [1.82, 2.24) is 10.3 Å². The molecule has 1 saturated heterocycles. The van der Waals surface area contributed by atoms with Crippen LogP contribution in [-0.2, 0) is 6.54 Å². The van der Waals surface area contributed by atoms with E-state index in [2.05, 4.69) is 21.3 Å². The topological polar surface area (TPSA) is 65.2 Å². The number of benzene rings is 1. The number of nitrogens with zero attached hydrogens (tertiary/aromatic N) is 1. The highest BCUT2D eigenvalue weighted by molar-refractivity contribution is 5.93. The molecular formula is C18H21N3O2. The molecule has 0 spiro atoms. The second-order valence-electron chi connectivity index (χ2n) is 5.89. The summed E-state index contributed by atoms with van der Waals surface area (Å²) < 4.78 is 0. The zero-order valence-corrected chi connectivity index (χ0v) is 13.3. The molecule has 1 aliphatic heterocycles. The van der Waals surface area contributed by atoms with E-state index in [1.165, 1.54) is 18.5 Å². The first-order valence-corrected chi connectivity index (χ1v) is 7.96. The number of aromatic nitrogens is 1. The molecule has 5 nitrogen and oxygen atoms in total. The summed E-state index contributed by atoms with van der Waals surface area (Å²) in [6, 6.07) is 11.4. The van der Waals surface area contributed by atoms with Gasteiger partial charge in [0.25, 0.3) is 11.5 Å². The number of hydrogen-bond donors (Lipinski definition) is 2. The molecular weight excluding hydrogens is 290 g/mol. The van der Waals surface area contributed by atoms with Crippen LogP contribution in [0.25, 0.3) is 0 Å². The number of amides is 1. The second kappa shape index (κ2) is 6.69. The molecule has 0 unspecified atom stereocenters. The predicted molar refractivity (Wildman–Crippen MR) is 90.9 cm³/mol. The van der Waals surface area contributed by atoms with Gasteiger partial charge in [0.15, 0.2) is 0 Å². The quantitative estimate of drug-likeness (QED) is 0.910. The van der Waals surface area contributed by atoms with E-state index in [1.807, 2.05) is 18.2 Å². The van der Waals surface area contributed by atoms with Crippen LogP contribution in [-0.4, -0.2) is 24.0 Å². The van der Waals surface area contributed by atoms with Gasteiger partial charge in [0.05, 0.1) is 0 Å². The third kappa shape index (κ3) is 3.44. The Morgan fingerprint density at radius 1 is 1.17 bits per heavy atom. The number of carbonyl (C=O) groups excluding carboxylic acids is 1. The van der Waals surface area contributed by atoms with Gasteiger partial charge in [-0.3, -0.25) is 9.59 Å². The Kier molecular flexibility index (Phi) is 4.46. The molecule has 1 aromatic heterocycles. The number of H-pyrrole nitrogens is 1. The van der Waals surface area contributed by atoms with Gasteiger partial charge in [0.2, 0.25) is 0 Å². The van der Waals surface area contributed by atoms with E-state index in [0.29, 0.717) is 6.54 Å². The van der Waals surface area contributed by atoms with Crippen molar-refractivity contribution in [2.75, 3.05) is 18.0 Å². The van der Waals surface area contributed by atoms with E-state index in [4.69, 9.17) is 0 Å². The van der Waals surface area contributed by atoms with Crippen molar-refractivity contribution in [3.8, 4) is 0 Å². The summed E-state index contributed by atoms with van der Waals surface area (Å²) in [5.74, 6) is -0.345. The van der Waals surface area contributed by atoms with Crippen LogP contribution in [0.2, 0.25) is 0 Å². The molecule has 3 rings (SSSR count). The maximum Gasteiger partial charge on any atom is 0.260 e. The molecule has 2 N–H and O–H groups in total. The van der Waals surface area contributed by atoms with Crippen molar-refractivity contribution in [1.29, 1.82) is 0 Å². The molecule has 1 aliphatic rings. The summed E-state index contributed by atoms with van der Waals surface area (Å²) in [4.78, 5) is 29.1. The van der Waals surface area contributed by atoms with Gasteiger partial charge in [-0.2, -0.15) is 0 Å². The Morgan fingerprint density at radius 3 is 2.65 bits per heavy atom. The lowest BCUT2D eigenvalue weighted by molar-refractivity contribution is 0.0949. The average Bonchev–Trinajstić information content (AvgIpc) is 3.07. The Labute approximate surface area is 135 Å². The minimum absolute atomic E-state index is 0.147. The third-order valence-corrected chi connectivity index (χ3v) is 4.18. The highest BCUT2D eigenvalue weighted by Crippen LogP contribution is 2.24. The van der Waals surface area contributed by atoms with Gasteiger partial charge < -0.3 is 15.2 Å². The fourth-order valence-electron chi connectivity index (χ4n) is 2.95. The minimum atomic E-state index is -0.352. The molecule has 0 bridgehead atoms. The van der Waals surface area contributed by atoms with Gasteiger partial charge in [-0.05, 0) is 43.5 Å². The molecule has 1 fully saturated rings. The number of anilines is 1. The van der Waals surface area contributed by atoms with Crippen molar-refractivity contribution in [2.45, 2.75) is 26.3 Å². The summed E-state index contributed by atoms with van der Waals surface area (Å²) in [6.45, 7) is 4.32. The fourth-order valence-corrected chi connectivity index (χ4v) is 2.95. The molecule has 120 valence electrons. The standard InChI is InChI=1S/C18H21N3O2/c1-13-8-9-15(18(23)20-13)17(22)19-12-14-6-2-3-7-16(14)21-10-4-5-11-21/h2-3,6-9H,4-5,10-12H2,1H3,(H,19,22)(H,20,23). The number of aromatic amines is 1. The summed E-state index contributed by atoms with van der Waals surface area (Å²) in [5, 5.41) is 2.85. The Balaban J connectivity index is 1.73. The molecule has 5 heteroatoms. The predicted octanol–water partition coefficient (Wildman–Crippen LogP) is 2.21. The average molecular weight is 311 g/mol. The first kappa shape index (κ1) is 15.3. The Hall–Kier alpha value is -2.56. The van der Waals surface area contributed by atoms with Gasteiger partial charge in [0, 0.05) is 31.0 Å². The molecule has 0 atom stereocenters. The lowest BCUT2D eigenvalue weighted by Crippen LogP contribution is -2.30. The van der Waals surface area contributed by atoms with Crippen LogP contribution in [0.5, 0.6) is 0 Å². The largest absolute Gasteiger partial charge is 0.371 e. The van der Waals surface area contributed by atoms with Crippen LogP contribution in [0.1, 0.15) is 34.5 Å². The SMILES string of the molecule is Cc1ccc(C(=O)NCc2ccccc2N2CCCC2)c(=O)[nH]1. The van der Waals surface area contributed by atoms with E-state index in [-0.39, 0.29) is 17.0 Å². The van der Waals surface area contributed by atoms with Crippen molar-refractivity contribution in [2.24, 2.45) is 0 Å². The van der Waals surface area contributed by atoms with Gasteiger partial charge in [0.1, 0.15) is 5.56 Å². The smallest absolute Gasteiger partial charge is 0.260 e. The molecule has 0 aliphatic carbocycles. The lowest BCUT2D eigenvalue weighted by atomic mass is 10.1. The number of nitrogens with one attached hydrogen (secondary N) is 2.